The number of unbranched alkanes of at least 4 members (excludes halogenated alkanes) is 2. The smallest absolute Gasteiger partial charge is 0.204 e. The Labute approximate surface area is 189 Å². The van der Waals surface area contributed by atoms with Crippen molar-refractivity contribution >= 4 is 0 Å². The molecule has 2 heterocycles. The predicted molar refractivity (Wildman–Crippen MR) is 125 cm³/mol. The van der Waals surface area contributed by atoms with E-state index in [1.165, 1.54) is 36.0 Å². The summed E-state index contributed by atoms with van der Waals surface area (Å²) in [6.07, 6.45) is 7.43. The Hall–Kier alpha value is -3.35. The molecule has 2 aromatic heterocycles. The summed E-state index contributed by atoms with van der Waals surface area (Å²) in [7, 11) is 0. The first-order valence-corrected chi connectivity index (χ1v) is 11.6. The van der Waals surface area contributed by atoms with Gasteiger partial charge in [0.05, 0.1) is 6.54 Å². The molecule has 0 saturated heterocycles. The lowest BCUT2D eigenvalue weighted by Gasteiger charge is -2.09. The maximum atomic E-state index is 4.81. The van der Waals surface area contributed by atoms with Crippen LogP contribution >= 0.6 is 0 Å². The molecule has 0 atom stereocenters. The van der Waals surface area contributed by atoms with Crippen LogP contribution < -0.4 is 0 Å². The summed E-state index contributed by atoms with van der Waals surface area (Å²) >= 11 is 0. The Bertz CT molecular complexity index is 1100. The highest BCUT2D eigenvalue weighted by atomic mass is 15.5. The number of hydrogen-bond acceptors (Lipinski definition) is 5. The third kappa shape index (κ3) is 5.46. The SMILES string of the molecule is CCCCCc1nc(CCC)nn1Cc1ccc(Cc2ccccc2-c2nn[nH]n2)cc1. The van der Waals surface area contributed by atoms with Gasteiger partial charge in [0.25, 0.3) is 0 Å². The van der Waals surface area contributed by atoms with Crippen molar-refractivity contribution in [1.29, 1.82) is 0 Å². The van der Waals surface area contributed by atoms with Crippen molar-refractivity contribution in [3.05, 3.63) is 76.9 Å². The fourth-order valence-corrected chi connectivity index (χ4v) is 3.92. The largest absolute Gasteiger partial charge is 0.245 e. The average Bonchev–Trinajstić information content (AvgIpc) is 3.47. The third-order valence-electron chi connectivity index (χ3n) is 5.62. The van der Waals surface area contributed by atoms with Crippen LogP contribution in [0.3, 0.4) is 0 Å². The Kier molecular flexibility index (Phi) is 7.38. The number of aromatic amines is 1. The van der Waals surface area contributed by atoms with Crippen LogP contribution in [0.2, 0.25) is 0 Å². The Morgan fingerprint density at radius 1 is 0.875 bits per heavy atom. The summed E-state index contributed by atoms with van der Waals surface area (Å²) < 4.78 is 2.10. The number of rotatable bonds is 11. The fourth-order valence-electron chi connectivity index (χ4n) is 3.92. The quantitative estimate of drug-likeness (QED) is 0.347. The lowest BCUT2D eigenvalue weighted by molar-refractivity contribution is 0.603. The molecular weight excluding hydrogens is 398 g/mol. The number of tetrazole rings is 1. The molecule has 1 N–H and O–H groups in total. The number of aromatic nitrogens is 7. The Balaban J connectivity index is 1.47. The number of hydrogen-bond donors (Lipinski definition) is 1. The van der Waals surface area contributed by atoms with E-state index in [1.54, 1.807) is 0 Å². The van der Waals surface area contributed by atoms with Crippen molar-refractivity contribution in [2.75, 3.05) is 0 Å². The van der Waals surface area contributed by atoms with E-state index in [-0.39, 0.29) is 0 Å². The van der Waals surface area contributed by atoms with Gasteiger partial charge < -0.3 is 0 Å². The molecule has 0 aliphatic heterocycles. The molecule has 4 aromatic rings. The van der Waals surface area contributed by atoms with E-state index in [4.69, 9.17) is 10.1 Å². The van der Waals surface area contributed by atoms with Gasteiger partial charge in [-0.25, -0.2) is 9.67 Å². The second-order valence-corrected chi connectivity index (χ2v) is 8.19. The van der Waals surface area contributed by atoms with Crippen molar-refractivity contribution in [2.45, 2.75) is 65.3 Å². The zero-order valence-electron chi connectivity index (χ0n) is 19.0. The van der Waals surface area contributed by atoms with E-state index in [1.807, 2.05) is 18.2 Å². The van der Waals surface area contributed by atoms with Crippen molar-refractivity contribution in [3.63, 3.8) is 0 Å². The van der Waals surface area contributed by atoms with Gasteiger partial charge in [-0.3, -0.25) is 0 Å². The lowest BCUT2D eigenvalue weighted by atomic mass is 9.98. The molecule has 0 bridgehead atoms. The van der Waals surface area contributed by atoms with Crippen LogP contribution in [0.25, 0.3) is 11.4 Å². The van der Waals surface area contributed by atoms with Crippen LogP contribution in [-0.2, 0) is 25.8 Å². The summed E-state index contributed by atoms with van der Waals surface area (Å²) in [5.41, 5.74) is 4.68. The van der Waals surface area contributed by atoms with Gasteiger partial charge in [-0.05, 0) is 41.2 Å². The van der Waals surface area contributed by atoms with Crippen LogP contribution in [0.1, 0.15) is 67.9 Å². The van der Waals surface area contributed by atoms with Gasteiger partial charge in [0.1, 0.15) is 5.82 Å². The zero-order chi connectivity index (χ0) is 22.2. The maximum Gasteiger partial charge on any atom is 0.204 e. The van der Waals surface area contributed by atoms with Gasteiger partial charge >= 0.3 is 0 Å². The van der Waals surface area contributed by atoms with Crippen LogP contribution in [0.5, 0.6) is 0 Å². The van der Waals surface area contributed by atoms with E-state index in [0.29, 0.717) is 5.82 Å². The van der Waals surface area contributed by atoms with Crippen molar-refractivity contribution in [3.8, 4) is 11.4 Å². The lowest BCUT2D eigenvalue weighted by Crippen LogP contribution is -2.07. The maximum absolute atomic E-state index is 4.81. The number of H-pyrrole nitrogens is 1. The molecule has 2 aromatic carbocycles. The molecule has 0 unspecified atom stereocenters. The van der Waals surface area contributed by atoms with Gasteiger partial charge in [0, 0.05) is 18.4 Å². The van der Waals surface area contributed by atoms with Crippen LogP contribution in [0.4, 0.5) is 0 Å². The molecule has 0 aliphatic rings. The molecule has 32 heavy (non-hydrogen) atoms. The Morgan fingerprint density at radius 2 is 1.69 bits per heavy atom. The molecule has 0 fully saturated rings. The van der Waals surface area contributed by atoms with E-state index in [2.05, 4.69) is 69.5 Å². The minimum absolute atomic E-state index is 0.627. The second kappa shape index (κ2) is 10.8. The van der Waals surface area contributed by atoms with Gasteiger partial charge in [-0.15, -0.1) is 10.2 Å². The molecule has 0 spiro atoms. The van der Waals surface area contributed by atoms with Gasteiger partial charge in [-0.1, -0.05) is 75.2 Å². The Morgan fingerprint density at radius 3 is 2.44 bits per heavy atom. The number of nitrogens with one attached hydrogen (secondary N) is 1. The second-order valence-electron chi connectivity index (χ2n) is 8.19. The van der Waals surface area contributed by atoms with E-state index >= 15 is 0 Å². The monoisotopic (exact) mass is 429 g/mol. The standard InChI is InChI=1S/C25H31N7/c1-3-5-6-12-24-26-23(9-4-2)29-32(24)18-20-15-13-19(14-16-20)17-21-10-7-8-11-22(21)25-27-30-31-28-25/h7-8,10-11,13-16H,3-6,9,12,17-18H2,1-2H3,(H,27,28,30,31). The summed E-state index contributed by atoms with van der Waals surface area (Å²) in [6.45, 7) is 5.17. The van der Waals surface area contributed by atoms with Crippen LogP contribution in [-0.4, -0.2) is 35.4 Å². The molecule has 7 heteroatoms. The summed E-state index contributed by atoms with van der Waals surface area (Å²) in [4.78, 5) is 4.81. The van der Waals surface area contributed by atoms with Gasteiger partial charge in [-0.2, -0.15) is 10.3 Å². The summed E-state index contributed by atoms with van der Waals surface area (Å²) in [5, 5.41) is 19.3. The first kappa shape index (κ1) is 21.9. The molecular formula is C25H31N7. The van der Waals surface area contributed by atoms with E-state index in [0.717, 1.165) is 49.4 Å². The predicted octanol–water partition coefficient (Wildman–Crippen LogP) is 4.78. The molecule has 7 nitrogen and oxygen atoms in total. The highest BCUT2D eigenvalue weighted by Gasteiger charge is 2.11. The molecule has 0 radical (unpaired) electrons. The summed E-state index contributed by atoms with van der Waals surface area (Å²) in [6, 6.07) is 17.0. The molecule has 0 amide bonds. The number of aryl methyl sites for hydroxylation is 2. The molecule has 166 valence electrons. The third-order valence-corrected chi connectivity index (χ3v) is 5.62. The highest BCUT2D eigenvalue weighted by molar-refractivity contribution is 5.60. The minimum Gasteiger partial charge on any atom is -0.245 e. The van der Waals surface area contributed by atoms with Crippen molar-refractivity contribution in [2.24, 2.45) is 0 Å². The fraction of sp³-hybridized carbons (Fsp3) is 0.400. The number of benzene rings is 2. The first-order valence-electron chi connectivity index (χ1n) is 11.6. The molecule has 0 saturated carbocycles. The average molecular weight is 430 g/mol. The first-order chi connectivity index (χ1) is 15.8. The number of nitrogens with zero attached hydrogens (tertiary/aromatic N) is 6. The minimum atomic E-state index is 0.627. The van der Waals surface area contributed by atoms with Crippen LogP contribution in [0, 0.1) is 0 Å². The molecule has 0 aliphatic carbocycles. The molecule has 4 rings (SSSR count). The van der Waals surface area contributed by atoms with E-state index in [9.17, 15) is 0 Å². The van der Waals surface area contributed by atoms with Gasteiger partial charge in [0.15, 0.2) is 5.82 Å². The van der Waals surface area contributed by atoms with Gasteiger partial charge in [0.2, 0.25) is 5.82 Å². The van der Waals surface area contributed by atoms with E-state index < -0.39 is 0 Å². The normalized spacial score (nSPS) is 11.2. The zero-order valence-corrected chi connectivity index (χ0v) is 19.0. The van der Waals surface area contributed by atoms with Crippen molar-refractivity contribution in [1.82, 2.24) is 35.4 Å². The summed E-state index contributed by atoms with van der Waals surface area (Å²) in [5.74, 6) is 2.70. The van der Waals surface area contributed by atoms with Crippen LogP contribution in [0.15, 0.2) is 48.5 Å². The van der Waals surface area contributed by atoms with Crippen molar-refractivity contribution < 1.29 is 0 Å². The topological polar surface area (TPSA) is 85.2 Å². The highest BCUT2D eigenvalue weighted by Crippen LogP contribution is 2.22.